The number of hydrogen-bond donors (Lipinski definition) is 2. The number of hydrogen-bond acceptors (Lipinski definition) is 3. The minimum atomic E-state index is -0.391. The molecule has 0 fully saturated rings. The number of carbonyl (C=O) groups is 2. The zero-order valence-electron chi connectivity index (χ0n) is 15.2. The first-order valence-corrected chi connectivity index (χ1v) is 8.43. The van der Waals surface area contributed by atoms with Crippen LogP contribution >= 0.6 is 0 Å². The molecular weight excluding hydrogens is 326 g/mol. The number of allylic oxidation sites excluding steroid dienone is 4. The number of carbonyl (C=O) groups excluding carboxylic acids is 2. The highest BCUT2D eigenvalue weighted by Crippen LogP contribution is 2.05. The summed E-state index contributed by atoms with van der Waals surface area (Å²) in [5.74, 6) is -0.745. The quantitative estimate of drug-likeness (QED) is 0.407. The summed E-state index contributed by atoms with van der Waals surface area (Å²) >= 11 is 0. The third-order valence-electron chi connectivity index (χ3n) is 3.18. The Kier molecular flexibility index (Phi) is 9.77. The summed E-state index contributed by atoms with van der Waals surface area (Å²) in [5, 5.41) is 5.39. The molecule has 0 aliphatic heterocycles. The van der Waals surface area contributed by atoms with Crippen molar-refractivity contribution in [3.8, 4) is 0 Å². The highest BCUT2D eigenvalue weighted by molar-refractivity contribution is 6.01. The molecular formula is C21H25N3O2. The van der Waals surface area contributed by atoms with E-state index >= 15 is 0 Å². The number of benzene rings is 1. The fraction of sp³-hybridized carbons (Fsp3) is 0.190. The largest absolute Gasteiger partial charge is 0.351 e. The van der Waals surface area contributed by atoms with Crippen molar-refractivity contribution in [1.29, 1.82) is 0 Å². The van der Waals surface area contributed by atoms with Crippen molar-refractivity contribution >= 4 is 24.6 Å². The van der Waals surface area contributed by atoms with Gasteiger partial charge in [-0.1, -0.05) is 49.4 Å². The van der Waals surface area contributed by atoms with E-state index in [1.165, 1.54) is 12.3 Å². The van der Waals surface area contributed by atoms with Crippen LogP contribution in [0.5, 0.6) is 0 Å². The zero-order chi connectivity index (χ0) is 19.2. The lowest BCUT2D eigenvalue weighted by molar-refractivity contribution is -0.121. The molecule has 0 radical (unpaired) electrons. The normalized spacial score (nSPS) is 12.4. The third-order valence-corrected chi connectivity index (χ3v) is 3.18. The second-order valence-electron chi connectivity index (χ2n) is 5.36. The van der Waals surface area contributed by atoms with Gasteiger partial charge in [0.1, 0.15) is 5.70 Å². The monoisotopic (exact) mass is 351 g/mol. The van der Waals surface area contributed by atoms with Gasteiger partial charge in [0.05, 0.1) is 0 Å². The molecule has 0 aliphatic carbocycles. The molecule has 0 aliphatic rings. The minimum Gasteiger partial charge on any atom is -0.351 e. The van der Waals surface area contributed by atoms with Crippen LogP contribution in [0.25, 0.3) is 6.08 Å². The summed E-state index contributed by atoms with van der Waals surface area (Å²) < 4.78 is 0. The fourth-order valence-corrected chi connectivity index (χ4v) is 2.00. The third kappa shape index (κ3) is 8.06. The predicted octanol–water partition coefficient (Wildman–Crippen LogP) is 3.39. The van der Waals surface area contributed by atoms with E-state index in [1.807, 2.05) is 50.3 Å². The molecule has 26 heavy (non-hydrogen) atoms. The SMILES string of the molecule is C=N/C=C(\C=C/C)/C=C(\NC(=O)/C=C/c1ccccc1)C(=O)NCCC. The van der Waals surface area contributed by atoms with Gasteiger partial charge in [-0.15, -0.1) is 0 Å². The minimum absolute atomic E-state index is 0.147. The maximum Gasteiger partial charge on any atom is 0.267 e. The summed E-state index contributed by atoms with van der Waals surface area (Å²) in [4.78, 5) is 28.3. The Balaban J connectivity index is 2.98. The van der Waals surface area contributed by atoms with Gasteiger partial charge in [0.25, 0.3) is 5.91 Å². The lowest BCUT2D eigenvalue weighted by atomic mass is 10.2. The standard InChI is InChI=1S/C21H25N3O2/c1-4-9-18(16-22-3)15-19(21(26)23-14-5-2)24-20(25)13-12-17-10-7-6-8-11-17/h4,6-13,15-16H,3,5,14H2,1-2H3,(H,23,26)(H,24,25)/b9-4-,13-12+,18-16+,19-15-. The molecule has 0 aromatic heterocycles. The van der Waals surface area contributed by atoms with Crippen molar-refractivity contribution < 1.29 is 9.59 Å². The lowest BCUT2D eigenvalue weighted by Gasteiger charge is -2.09. The summed E-state index contributed by atoms with van der Waals surface area (Å²) in [6, 6.07) is 9.45. The molecule has 2 amide bonds. The van der Waals surface area contributed by atoms with Crippen LogP contribution < -0.4 is 10.6 Å². The van der Waals surface area contributed by atoms with Gasteiger partial charge in [-0.3, -0.25) is 14.6 Å². The van der Waals surface area contributed by atoms with Gasteiger partial charge in [-0.05, 0) is 43.4 Å². The van der Waals surface area contributed by atoms with Crippen molar-refractivity contribution in [1.82, 2.24) is 10.6 Å². The zero-order valence-corrected chi connectivity index (χ0v) is 15.2. The molecule has 5 heteroatoms. The molecule has 0 unspecified atom stereocenters. The fourth-order valence-electron chi connectivity index (χ4n) is 2.00. The van der Waals surface area contributed by atoms with Crippen molar-refractivity contribution in [3.63, 3.8) is 0 Å². The van der Waals surface area contributed by atoms with E-state index in [2.05, 4.69) is 22.3 Å². The Labute approximate surface area is 154 Å². The van der Waals surface area contributed by atoms with Crippen LogP contribution in [0.2, 0.25) is 0 Å². The Hall–Kier alpha value is -3.21. The van der Waals surface area contributed by atoms with Gasteiger partial charge in [0.2, 0.25) is 5.91 Å². The van der Waals surface area contributed by atoms with Crippen LogP contribution in [0.1, 0.15) is 25.8 Å². The van der Waals surface area contributed by atoms with Crippen molar-refractivity contribution in [2.75, 3.05) is 6.54 Å². The van der Waals surface area contributed by atoms with Crippen LogP contribution in [-0.2, 0) is 9.59 Å². The number of aliphatic imine (C=N–C) groups is 1. The summed E-state index contributed by atoms with van der Waals surface area (Å²) in [5.41, 5.74) is 1.69. The van der Waals surface area contributed by atoms with Crippen LogP contribution in [-0.4, -0.2) is 25.1 Å². The number of amides is 2. The molecule has 0 saturated carbocycles. The molecule has 5 nitrogen and oxygen atoms in total. The van der Waals surface area contributed by atoms with Crippen LogP contribution in [0.15, 0.2) is 77.1 Å². The lowest BCUT2D eigenvalue weighted by Crippen LogP contribution is -2.34. The molecule has 136 valence electrons. The molecule has 2 N–H and O–H groups in total. The highest BCUT2D eigenvalue weighted by atomic mass is 16.2. The van der Waals surface area contributed by atoms with Crippen molar-refractivity contribution in [3.05, 3.63) is 77.7 Å². The molecule has 0 atom stereocenters. The van der Waals surface area contributed by atoms with Crippen LogP contribution in [0.4, 0.5) is 0 Å². The first-order chi connectivity index (χ1) is 12.6. The van der Waals surface area contributed by atoms with E-state index in [0.717, 1.165) is 12.0 Å². The van der Waals surface area contributed by atoms with E-state index < -0.39 is 5.91 Å². The Morgan fingerprint density at radius 1 is 1.19 bits per heavy atom. The predicted molar refractivity (Wildman–Crippen MR) is 107 cm³/mol. The molecule has 0 saturated heterocycles. The van der Waals surface area contributed by atoms with Gasteiger partial charge in [-0.2, -0.15) is 0 Å². The average molecular weight is 351 g/mol. The van der Waals surface area contributed by atoms with E-state index in [9.17, 15) is 9.59 Å². The van der Waals surface area contributed by atoms with Gasteiger partial charge in [0.15, 0.2) is 0 Å². The molecule has 0 spiro atoms. The van der Waals surface area contributed by atoms with Gasteiger partial charge in [-0.25, -0.2) is 0 Å². The molecule has 1 aromatic rings. The maximum absolute atomic E-state index is 12.3. The first-order valence-electron chi connectivity index (χ1n) is 8.43. The maximum atomic E-state index is 12.3. The van der Waals surface area contributed by atoms with Crippen molar-refractivity contribution in [2.45, 2.75) is 20.3 Å². The summed E-state index contributed by atoms with van der Waals surface area (Å²) in [7, 11) is 0. The highest BCUT2D eigenvalue weighted by Gasteiger charge is 2.11. The van der Waals surface area contributed by atoms with Crippen LogP contribution in [0, 0.1) is 0 Å². The molecule has 0 bridgehead atoms. The Morgan fingerprint density at radius 3 is 2.54 bits per heavy atom. The summed E-state index contributed by atoms with van der Waals surface area (Å²) in [6.07, 6.45) is 10.5. The Bertz CT molecular complexity index is 729. The molecule has 1 aromatic carbocycles. The van der Waals surface area contributed by atoms with Crippen LogP contribution in [0.3, 0.4) is 0 Å². The smallest absolute Gasteiger partial charge is 0.267 e. The van der Waals surface area contributed by atoms with E-state index in [4.69, 9.17) is 0 Å². The molecule has 0 heterocycles. The van der Waals surface area contributed by atoms with E-state index in [1.54, 1.807) is 18.2 Å². The van der Waals surface area contributed by atoms with Gasteiger partial charge < -0.3 is 10.6 Å². The number of nitrogens with zero attached hydrogens (tertiary/aromatic N) is 1. The Morgan fingerprint density at radius 2 is 1.92 bits per heavy atom. The van der Waals surface area contributed by atoms with Gasteiger partial charge >= 0.3 is 0 Å². The average Bonchev–Trinajstić information content (AvgIpc) is 2.65. The number of rotatable bonds is 9. The second kappa shape index (κ2) is 12.2. The van der Waals surface area contributed by atoms with Crippen molar-refractivity contribution in [2.24, 2.45) is 4.99 Å². The second-order valence-corrected chi connectivity index (χ2v) is 5.36. The molecule has 1 rings (SSSR count). The number of nitrogens with one attached hydrogen (secondary N) is 2. The topological polar surface area (TPSA) is 70.6 Å². The summed E-state index contributed by atoms with van der Waals surface area (Å²) in [6.45, 7) is 7.75. The first kappa shape index (κ1) is 20.8. The van der Waals surface area contributed by atoms with E-state index in [0.29, 0.717) is 12.1 Å². The van der Waals surface area contributed by atoms with E-state index in [-0.39, 0.29) is 11.6 Å². The van der Waals surface area contributed by atoms with Gasteiger partial charge in [0, 0.05) is 18.8 Å².